The molecule has 16 heteroatoms. The monoisotopic (exact) mass is 517 g/mol. The Morgan fingerprint density at radius 1 is 0.879 bits per heavy atom. The highest BCUT2D eigenvalue weighted by molar-refractivity contribution is 8.76. The maximum absolute atomic E-state index is 11.1. The summed E-state index contributed by atoms with van der Waals surface area (Å²) in [6.07, 6.45) is 0. The van der Waals surface area contributed by atoms with E-state index in [-0.39, 0.29) is 5.75 Å². The van der Waals surface area contributed by atoms with E-state index in [0.717, 1.165) is 45.9 Å². The summed E-state index contributed by atoms with van der Waals surface area (Å²) < 4.78 is 0. The molecule has 0 heterocycles. The fourth-order valence-electron chi connectivity index (χ4n) is 1.97. The number of rotatable bonds is 9. The molecule has 0 aliphatic carbocycles. The highest BCUT2D eigenvalue weighted by Gasteiger charge is 2.22. The lowest BCUT2D eigenvalue weighted by atomic mass is 10.2. The van der Waals surface area contributed by atoms with Crippen molar-refractivity contribution in [3.8, 4) is 0 Å². The Kier molecular flexibility index (Phi) is 10.6. The van der Waals surface area contributed by atoms with Gasteiger partial charge in [0.1, 0.15) is 17.2 Å². The Morgan fingerprint density at radius 2 is 1.24 bits per heavy atom. The van der Waals surface area contributed by atoms with Crippen molar-refractivity contribution in [1.29, 1.82) is 0 Å². The quantitative estimate of drug-likeness (QED) is 0.140. The molecule has 1 atom stereocenters. The average Bonchev–Trinajstić information content (AvgIpc) is 2.76. The molecule has 0 saturated carbocycles. The molecular formula is C17H15N3O10S3. The van der Waals surface area contributed by atoms with Crippen molar-refractivity contribution in [2.24, 2.45) is 5.73 Å². The van der Waals surface area contributed by atoms with Gasteiger partial charge in [-0.2, -0.15) is 12.6 Å². The van der Waals surface area contributed by atoms with E-state index in [2.05, 4.69) is 12.6 Å². The van der Waals surface area contributed by atoms with Crippen molar-refractivity contribution in [3.63, 3.8) is 0 Å². The minimum Gasteiger partial charge on any atom is -0.480 e. The molecule has 0 bridgehead atoms. The van der Waals surface area contributed by atoms with Gasteiger partial charge in [0.05, 0.1) is 9.85 Å². The van der Waals surface area contributed by atoms with Gasteiger partial charge in [0.15, 0.2) is 0 Å². The minimum atomic E-state index is -1.45. The zero-order valence-electron chi connectivity index (χ0n) is 16.2. The molecular weight excluding hydrogens is 502 g/mol. The molecule has 0 unspecified atom stereocenters. The normalized spacial score (nSPS) is 11.0. The number of nitro benzene ring substituents is 2. The van der Waals surface area contributed by atoms with Crippen molar-refractivity contribution in [1.82, 2.24) is 0 Å². The van der Waals surface area contributed by atoms with Gasteiger partial charge in [0, 0.05) is 27.7 Å². The summed E-state index contributed by atoms with van der Waals surface area (Å²) in [5.74, 6) is -3.72. The van der Waals surface area contributed by atoms with Gasteiger partial charge in [0.2, 0.25) is 0 Å². The summed E-state index contributed by atoms with van der Waals surface area (Å²) in [6.45, 7) is 0. The lowest BCUT2D eigenvalue weighted by Crippen LogP contribution is -2.31. The second-order valence-corrected chi connectivity index (χ2v) is 8.42. The number of aromatic carboxylic acids is 2. The van der Waals surface area contributed by atoms with E-state index >= 15 is 0 Å². The summed E-state index contributed by atoms with van der Waals surface area (Å²) >= 11 is 3.65. The molecule has 176 valence electrons. The Bertz CT molecular complexity index is 1020. The van der Waals surface area contributed by atoms with Crippen LogP contribution in [0.3, 0.4) is 0 Å². The summed E-state index contributed by atoms with van der Waals surface area (Å²) in [6, 6.07) is 6.26. The van der Waals surface area contributed by atoms with E-state index in [1.807, 2.05) is 0 Å². The molecule has 2 aromatic rings. The molecule has 0 saturated heterocycles. The van der Waals surface area contributed by atoms with Gasteiger partial charge < -0.3 is 21.1 Å². The predicted octanol–water partition coefficient (Wildman–Crippen LogP) is 3.03. The van der Waals surface area contributed by atoms with Gasteiger partial charge in [-0.25, -0.2) is 9.59 Å². The molecule has 2 aromatic carbocycles. The van der Waals surface area contributed by atoms with Crippen LogP contribution >= 0.6 is 34.2 Å². The molecule has 0 amide bonds. The van der Waals surface area contributed by atoms with Crippen LogP contribution in [-0.4, -0.2) is 54.9 Å². The topological polar surface area (TPSA) is 224 Å². The Hall–Kier alpha value is -3.34. The van der Waals surface area contributed by atoms with Gasteiger partial charge in [-0.3, -0.25) is 25.0 Å². The number of hydrogen-bond donors (Lipinski definition) is 5. The zero-order valence-corrected chi connectivity index (χ0v) is 18.7. The Balaban J connectivity index is 0.000000675. The largest absolute Gasteiger partial charge is 0.480 e. The highest BCUT2D eigenvalue weighted by atomic mass is 33.1. The fourth-order valence-corrected chi connectivity index (χ4v) is 4.10. The van der Waals surface area contributed by atoms with Crippen LogP contribution in [0.4, 0.5) is 11.4 Å². The number of aliphatic carboxylic acids is 1. The third-order valence-electron chi connectivity index (χ3n) is 3.54. The van der Waals surface area contributed by atoms with Gasteiger partial charge in [-0.05, 0) is 24.3 Å². The van der Waals surface area contributed by atoms with Crippen molar-refractivity contribution < 1.29 is 39.5 Å². The third kappa shape index (κ3) is 8.26. The van der Waals surface area contributed by atoms with Gasteiger partial charge in [-0.1, -0.05) is 21.6 Å². The highest BCUT2D eigenvalue weighted by Crippen LogP contribution is 2.40. The lowest BCUT2D eigenvalue weighted by molar-refractivity contribution is -0.385. The summed E-state index contributed by atoms with van der Waals surface area (Å²) in [7, 11) is 2.06. The Labute approximate surface area is 198 Å². The molecule has 2 rings (SSSR count). The number of carboxylic acid groups (broad SMARTS) is 3. The average molecular weight is 518 g/mol. The van der Waals surface area contributed by atoms with E-state index in [1.165, 1.54) is 12.1 Å². The molecule has 0 fully saturated rings. The lowest BCUT2D eigenvalue weighted by Gasteiger charge is -2.05. The molecule has 0 spiro atoms. The first-order chi connectivity index (χ1) is 15.4. The molecule has 0 aromatic heterocycles. The number of carboxylic acids is 3. The molecule has 5 N–H and O–H groups in total. The molecule has 33 heavy (non-hydrogen) atoms. The fraction of sp³-hybridized carbons (Fsp3) is 0.118. The number of nitrogens with zero attached hydrogens (tertiary/aromatic N) is 2. The van der Waals surface area contributed by atoms with Crippen LogP contribution in [-0.2, 0) is 4.79 Å². The predicted molar refractivity (Wildman–Crippen MR) is 121 cm³/mol. The number of benzene rings is 2. The first-order valence-corrected chi connectivity index (χ1v) is 11.1. The second kappa shape index (κ2) is 12.6. The van der Waals surface area contributed by atoms with Gasteiger partial charge in [0.25, 0.3) is 11.4 Å². The van der Waals surface area contributed by atoms with Crippen molar-refractivity contribution in [2.75, 3.05) is 5.75 Å². The number of nitrogens with two attached hydrogens (primary N) is 1. The Morgan fingerprint density at radius 3 is 1.45 bits per heavy atom. The summed E-state index contributed by atoms with van der Waals surface area (Å²) in [4.78, 5) is 52.8. The van der Waals surface area contributed by atoms with E-state index in [1.54, 1.807) is 0 Å². The van der Waals surface area contributed by atoms with Crippen LogP contribution < -0.4 is 5.73 Å². The van der Waals surface area contributed by atoms with Crippen LogP contribution in [0.15, 0.2) is 46.2 Å². The zero-order chi connectivity index (χ0) is 25.3. The van der Waals surface area contributed by atoms with Gasteiger partial charge >= 0.3 is 17.9 Å². The molecule has 0 aliphatic heterocycles. The second-order valence-electron chi connectivity index (χ2n) is 5.78. The summed E-state index contributed by atoms with van der Waals surface area (Å²) in [5, 5.41) is 47.8. The van der Waals surface area contributed by atoms with Crippen molar-refractivity contribution >= 4 is 63.5 Å². The summed E-state index contributed by atoms with van der Waals surface area (Å²) in [5.41, 5.74) is 2.90. The van der Waals surface area contributed by atoms with Gasteiger partial charge in [-0.15, -0.1) is 0 Å². The van der Waals surface area contributed by atoms with Crippen LogP contribution in [0.2, 0.25) is 0 Å². The first-order valence-electron chi connectivity index (χ1n) is 8.36. The van der Waals surface area contributed by atoms with Crippen LogP contribution in [0.25, 0.3) is 0 Å². The van der Waals surface area contributed by atoms with Crippen LogP contribution in [0.1, 0.15) is 20.7 Å². The van der Waals surface area contributed by atoms with Crippen molar-refractivity contribution in [2.45, 2.75) is 15.8 Å². The third-order valence-corrected chi connectivity index (χ3v) is 6.31. The number of hydrogen-bond acceptors (Lipinski definition) is 11. The maximum Gasteiger partial charge on any atom is 0.342 e. The minimum absolute atomic E-state index is 0.190. The van der Waals surface area contributed by atoms with E-state index in [9.17, 15) is 34.6 Å². The van der Waals surface area contributed by atoms with E-state index in [0.29, 0.717) is 9.79 Å². The number of carbonyl (C=O) groups is 3. The van der Waals surface area contributed by atoms with E-state index in [4.69, 9.17) is 21.1 Å². The first kappa shape index (κ1) is 27.7. The smallest absolute Gasteiger partial charge is 0.342 e. The van der Waals surface area contributed by atoms with Crippen LogP contribution in [0, 0.1) is 20.2 Å². The maximum atomic E-state index is 11.1. The molecule has 13 nitrogen and oxygen atoms in total. The molecule has 0 aliphatic rings. The number of thiol groups is 1. The standard InChI is InChI=1S/C14H8N2O8S2.C3H7NO2S/c17-13(18)9-5-7(1-3-11(9)15(21)22)25-26-8-2-4-12(16(23)24)10(6-8)14(19)20;4-2(1-7)3(5)6/h1-6H,(H,17,18)(H,19,20);2,7H,1,4H2,(H,5,6)/t;2-/m.0/s1. The van der Waals surface area contributed by atoms with Crippen molar-refractivity contribution in [3.05, 3.63) is 67.8 Å². The van der Waals surface area contributed by atoms with E-state index < -0.39 is 56.3 Å². The SMILES string of the molecule is N[C@@H](CS)C(=O)O.O=C(O)c1cc(SSc2ccc([N+](=O)[O-])c(C(=O)O)c2)ccc1[N+](=O)[O-]. The molecule has 0 radical (unpaired) electrons. The van der Waals surface area contributed by atoms with Crippen LogP contribution in [0.5, 0.6) is 0 Å². The number of nitro groups is 2.